The zero-order valence-corrected chi connectivity index (χ0v) is 23.7. The summed E-state index contributed by atoms with van der Waals surface area (Å²) < 4.78 is 11.0. The summed E-state index contributed by atoms with van der Waals surface area (Å²) in [6.45, 7) is 4.21. The topological polar surface area (TPSA) is 228 Å². The molecule has 1 aliphatic rings. The number of para-hydroxylation sites is 2. The van der Waals surface area contributed by atoms with Gasteiger partial charge in [0.15, 0.2) is 29.0 Å². The average molecular weight is 603 g/mol. The lowest BCUT2D eigenvalue weighted by molar-refractivity contribution is -0.162. The third-order valence-corrected chi connectivity index (χ3v) is 6.55. The summed E-state index contributed by atoms with van der Waals surface area (Å²) >= 11 is 0. The van der Waals surface area contributed by atoms with E-state index >= 15 is 0 Å². The molecule has 7 N–H and O–H groups in total. The van der Waals surface area contributed by atoms with Gasteiger partial charge in [0.05, 0.1) is 5.56 Å². The molecular formula is C28H34N4O11. The van der Waals surface area contributed by atoms with Crippen LogP contribution in [-0.2, 0) is 23.9 Å². The fraction of sp³-hybridized carbons (Fsp3) is 0.393. The van der Waals surface area contributed by atoms with E-state index in [9.17, 15) is 44.8 Å². The second-order valence-corrected chi connectivity index (χ2v) is 9.79. The molecule has 15 nitrogen and oxygen atoms in total. The van der Waals surface area contributed by atoms with E-state index in [1.807, 2.05) is 0 Å². The Labute approximate surface area is 246 Å². The Hall–Kier alpha value is -5.05. The molecule has 0 saturated heterocycles. The van der Waals surface area contributed by atoms with Gasteiger partial charge in [-0.05, 0) is 51.0 Å². The van der Waals surface area contributed by atoms with E-state index in [0.29, 0.717) is 17.9 Å². The van der Waals surface area contributed by atoms with Crippen molar-refractivity contribution >= 4 is 29.6 Å². The second-order valence-electron chi connectivity index (χ2n) is 9.79. The van der Waals surface area contributed by atoms with Gasteiger partial charge in [0.1, 0.15) is 23.8 Å². The smallest absolute Gasteiger partial charge is 0.342 e. The van der Waals surface area contributed by atoms with Crippen LogP contribution in [0.25, 0.3) is 0 Å². The van der Waals surface area contributed by atoms with E-state index in [1.165, 1.54) is 51.1 Å². The van der Waals surface area contributed by atoms with Gasteiger partial charge in [0, 0.05) is 20.0 Å². The Balaban J connectivity index is 1.76. The van der Waals surface area contributed by atoms with Crippen molar-refractivity contribution < 1.29 is 54.3 Å². The van der Waals surface area contributed by atoms with Gasteiger partial charge < -0.3 is 40.5 Å². The molecule has 232 valence electrons. The number of esters is 1. The van der Waals surface area contributed by atoms with Crippen molar-refractivity contribution in [1.82, 2.24) is 15.7 Å². The first-order valence-electron chi connectivity index (χ1n) is 13.3. The molecule has 0 fully saturated rings. The van der Waals surface area contributed by atoms with Gasteiger partial charge in [-0.1, -0.05) is 12.1 Å². The van der Waals surface area contributed by atoms with Gasteiger partial charge in [0.25, 0.3) is 0 Å². The van der Waals surface area contributed by atoms with E-state index in [1.54, 1.807) is 0 Å². The number of nitrogens with zero attached hydrogens (tertiary/aromatic N) is 2. The van der Waals surface area contributed by atoms with Crippen molar-refractivity contribution in [3.05, 3.63) is 47.5 Å². The van der Waals surface area contributed by atoms with Crippen LogP contribution in [0, 0.1) is 0 Å². The van der Waals surface area contributed by atoms with Crippen LogP contribution < -0.4 is 10.6 Å². The van der Waals surface area contributed by atoms with Crippen LogP contribution >= 0.6 is 0 Å². The number of ether oxygens (including phenoxy) is 2. The Morgan fingerprint density at radius 2 is 1.67 bits per heavy atom. The number of unbranched alkanes of at least 4 members (excludes halogenated alkanes) is 1. The number of aromatic hydroxyl groups is 4. The molecule has 0 aliphatic carbocycles. The number of amides is 3. The number of hydrogen-bond acceptors (Lipinski definition) is 12. The lowest BCUT2D eigenvalue weighted by Gasteiger charge is -2.26. The standard InChI is InChI=1S/C28H34N4O11/c1-14-22(31-27(42-14)17-8-6-10-19(34)23(17)36)26(39)30-21(25(38)29-12-4-5-13-32(41)16(3)33)15(2)43-28(40)18-9-7-11-20(35)24(18)37/h6-11,14-15,21-22,34-37,41H,4-5,12-13H2,1-3H3,(H,29,38)(H,30,39). The van der Waals surface area contributed by atoms with E-state index in [2.05, 4.69) is 15.6 Å². The summed E-state index contributed by atoms with van der Waals surface area (Å²) in [4.78, 5) is 54.6. The van der Waals surface area contributed by atoms with Crippen LogP contribution in [0.4, 0.5) is 0 Å². The molecule has 0 radical (unpaired) electrons. The Morgan fingerprint density at radius 3 is 2.35 bits per heavy atom. The zero-order chi connectivity index (χ0) is 31.8. The van der Waals surface area contributed by atoms with E-state index in [0.717, 1.165) is 6.07 Å². The maximum absolute atomic E-state index is 13.3. The molecule has 15 heteroatoms. The summed E-state index contributed by atoms with van der Waals surface area (Å²) in [6, 6.07) is 5.17. The molecule has 3 amide bonds. The van der Waals surface area contributed by atoms with Gasteiger partial charge in [-0.2, -0.15) is 0 Å². The summed E-state index contributed by atoms with van der Waals surface area (Å²) in [5.74, 6) is -5.40. The van der Waals surface area contributed by atoms with Crippen LogP contribution in [0.15, 0.2) is 41.4 Å². The van der Waals surface area contributed by atoms with Crippen molar-refractivity contribution in [3.63, 3.8) is 0 Å². The molecule has 3 rings (SSSR count). The fourth-order valence-electron chi connectivity index (χ4n) is 4.11. The minimum atomic E-state index is -1.46. The number of hydroxylamine groups is 2. The van der Waals surface area contributed by atoms with Gasteiger partial charge in [-0.3, -0.25) is 19.6 Å². The number of hydrogen-bond donors (Lipinski definition) is 7. The minimum absolute atomic E-state index is 0.0431. The number of phenols is 4. The van der Waals surface area contributed by atoms with Crippen molar-refractivity contribution in [1.29, 1.82) is 0 Å². The Bertz CT molecular complexity index is 1400. The Kier molecular flexibility index (Phi) is 10.7. The third kappa shape index (κ3) is 8.03. The predicted molar refractivity (Wildman–Crippen MR) is 149 cm³/mol. The number of carbonyl (C=O) groups excluding carboxylic acids is 4. The van der Waals surface area contributed by atoms with Gasteiger partial charge in [0.2, 0.25) is 23.6 Å². The number of nitrogens with one attached hydrogen (secondary N) is 2. The highest BCUT2D eigenvalue weighted by atomic mass is 16.5. The van der Waals surface area contributed by atoms with E-state index < -0.39 is 71.0 Å². The number of phenolic OH excluding ortho intramolecular Hbond substituents is 4. The molecule has 2 aromatic rings. The molecule has 1 heterocycles. The SMILES string of the molecule is CC(=O)N(O)CCCCNC(=O)C(NC(=O)C1N=C(c2cccc(O)c2O)OC1C)C(C)OC(=O)c1cccc(O)c1O. The first-order chi connectivity index (χ1) is 20.3. The second kappa shape index (κ2) is 14.2. The fourth-order valence-corrected chi connectivity index (χ4v) is 4.11. The highest BCUT2D eigenvalue weighted by molar-refractivity contribution is 6.02. The maximum atomic E-state index is 13.3. The average Bonchev–Trinajstić information content (AvgIpc) is 3.35. The van der Waals surface area contributed by atoms with Crippen LogP contribution in [0.3, 0.4) is 0 Å². The lowest BCUT2D eigenvalue weighted by atomic mass is 10.1. The molecule has 1 aliphatic heterocycles. The molecule has 0 saturated carbocycles. The normalized spacial score (nSPS) is 17.2. The molecule has 43 heavy (non-hydrogen) atoms. The predicted octanol–water partition coefficient (Wildman–Crippen LogP) is 0.907. The van der Waals surface area contributed by atoms with Crippen LogP contribution in [0.2, 0.25) is 0 Å². The minimum Gasteiger partial charge on any atom is -0.504 e. The van der Waals surface area contributed by atoms with Crippen LogP contribution in [0.1, 0.15) is 49.5 Å². The first-order valence-corrected chi connectivity index (χ1v) is 13.3. The molecule has 4 unspecified atom stereocenters. The third-order valence-electron chi connectivity index (χ3n) is 6.55. The molecule has 0 bridgehead atoms. The zero-order valence-electron chi connectivity index (χ0n) is 23.7. The number of carbonyl (C=O) groups is 4. The van der Waals surface area contributed by atoms with Crippen molar-refractivity contribution in [2.24, 2.45) is 4.99 Å². The van der Waals surface area contributed by atoms with Gasteiger partial charge in [-0.15, -0.1) is 0 Å². The van der Waals surface area contributed by atoms with E-state index in [-0.39, 0.29) is 30.1 Å². The molecule has 0 aromatic heterocycles. The summed E-state index contributed by atoms with van der Waals surface area (Å²) in [7, 11) is 0. The first kappa shape index (κ1) is 32.5. The Morgan fingerprint density at radius 1 is 1.02 bits per heavy atom. The molecular weight excluding hydrogens is 568 g/mol. The van der Waals surface area contributed by atoms with Crippen molar-refractivity contribution in [2.45, 2.75) is 57.9 Å². The van der Waals surface area contributed by atoms with Crippen molar-refractivity contribution in [3.8, 4) is 23.0 Å². The van der Waals surface area contributed by atoms with E-state index in [4.69, 9.17) is 9.47 Å². The summed E-state index contributed by atoms with van der Waals surface area (Å²) in [5, 5.41) is 54.9. The van der Waals surface area contributed by atoms with Crippen molar-refractivity contribution in [2.75, 3.05) is 13.1 Å². The monoisotopic (exact) mass is 602 g/mol. The number of aliphatic imine (C=N–C) groups is 1. The summed E-state index contributed by atoms with van der Waals surface area (Å²) in [5.41, 5.74) is -0.315. The largest absolute Gasteiger partial charge is 0.504 e. The molecule has 2 aromatic carbocycles. The molecule has 4 atom stereocenters. The maximum Gasteiger partial charge on any atom is 0.342 e. The molecule has 0 spiro atoms. The summed E-state index contributed by atoms with van der Waals surface area (Å²) in [6.07, 6.45) is -1.42. The van der Waals surface area contributed by atoms with Gasteiger partial charge >= 0.3 is 5.97 Å². The highest BCUT2D eigenvalue weighted by Crippen LogP contribution is 2.32. The lowest BCUT2D eigenvalue weighted by Crippen LogP contribution is -2.56. The number of rotatable bonds is 12. The highest BCUT2D eigenvalue weighted by Gasteiger charge is 2.38. The van der Waals surface area contributed by atoms with Crippen LogP contribution in [0.5, 0.6) is 23.0 Å². The number of benzene rings is 2. The van der Waals surface area contributed by atoms with Gasteiger partial charge in [-0.25, -0.2) is 14.9 Å². The quantitative estimate of drug-likeness (QED) is 0.0594. The van der Waals surface area contributed by atoms with Crippen LogP contribution in [-0.4, -0.2) is 97.7 Å².